The number of fused-ring (bicyclic) bond motifs is 1. The fraction of sp³-hybridized carbons (Fsp3) is 0.333. The largest absolute Gasteiger partial charge is 0.465 e. The summed E-state index contributed by atoms with van der Waals surface area (Å²) in [7, 11) is 0. The van der Waals surface area contributed by atoms with Crippen molar-refractivity contribution in [2.45, 2.75) is 33.2 Å². The molecule has 1 aliphatic heterocycles. The summed E-state index contributed by atoms with van der Waals surface area (Å²) in [4.78, 5) is 26.0. The maximum Gasteiger partial charge on any atom is 0.251 e. The fourth-order valence-corrected chi connectivity index (χ4v) is 2.84. The van der Waals surface area contributed by atoms with Crippen LogP contribution in [0.3, 0.4) is 0 Å². The lowest BCUT2D eigenvalue weighted by molar-refractivity contribution is -0.118. The first kappa shape index (κ1) is 15.3. The van der Waals surface area contributed by atoms with Gasteiger partial charge in [-0.2, -0.15) is 0 Å². The zero-order chi connectivity index (χ0) is 16.4. The average molecular weight is 312 g/mol. The molecule has 0 saturated carbocycles. The second-order valence-electron chi connectivity index (χ2n) is 5.69. The summed E-state index contributed by atoms with van der Waals surface area (Å²) in [5, 5.41) is 2.85. The second-order valence-corrected chi connectivity index (χ2v) is 5.69. The van der Waals surface area contributed by atoms with Crippen LogP contribution in [0.1, 0.15) is 40.8 Å². The lowest BCUT2D eigenvalue weighted by Crippen LogP contribution is -2.27. The van der Waals surface area contributed by atoms with Crippen molar-refractivity contribution in [1.29, 1.82) is 0 Å². The number of hydrogen-bond donors (Lipinski definition) is 1. The van der Waals surface area contributed by atoms with Crippen LogP contribution in [0.5, 0.6) is 0 Å². The first-order chi connectivity index (χ1) is 11.1. The van der Waals surface area contributed by atoms with Gasteiger partial charge in [0.15, 0.2) is 0 Å². The van der Waals surface area contributed by atoms with E-state index in [0.717, 1.165) is 29.2 Å². The fourth-order valence-electron chi connectivity index (χ4n) is 2.84. The maximum atomic E-state index is 12.3. The Morgan fingerprint density at radius 3 is 2.78 bits per heavy atom. The van der Waals surface area contributed by atoms with Crippen LogP contribution in [-0.2, 0) is 17.8 Å². The molecule has 0 aliphatic carbocycles. The highest BCUT2D eigenvalue weighted by Crippen LogP contribution is 2.29. The molecule has 120 valence electrons. The Labute approximate surface area is 135 Å². The maximum absolute atomic E-state index is 12.3. The predicted octanol–water partition coefficient (Wildman–Crippen LogP) is 2.82. The second kappa shape index (κ2) is 6.28. The summed E-state index contributed by atoms with van der Waals surface area (Å²) >= 11 is 0. The van der Waals surface area contributed by atoms with Crippen molar-refractivity contribution in [3.05, 3.63) is 53.0 Å². The number of aryl methyl sites for hydroxylation is 1. The molecule has 0 atom stereocenters. The average Bonchev–Trinajstić information content (AvgIpc) is 3.17. The molecule has 0 radical (unpaired) electrons. The van der Waals surface area contributed by atoms with E-state index in [9.17, 15) is 9.59 Å². The van der Waals surface area contributed by atoms with Gasteiger partial charge < -0.3 is 14.6 Å². The normalized spacial score (nSPS) is 13.0. The number of nitrogens with one attached hydrogen (secondary N) is 1. The highest BCUT2D eigenvalue weighted by atomic mass is 16.3. The molecule has 0 spiro atoms. The molecule has 5 nitrogen and oxygen atoms in total. The van der Waals surface area contributed by atoms with Crippen LogP contribution < -0.4 is 10.2 Å². The molecule has 2 amide bonds. The molecule has 1 N–H and O–H groups in total. The van der Waals surface area contributed by atoms with Crippen LogP contribution in [0.2, 0.25) is 0 Å². The van der Waals surface area contributed by atoms with Crippen molar-refractivity contribution < 1.29 is 14.0 Å². The molecule has 1 aliphatic rings. The monoisotopic (exact) mass is 312 g/mol. The van der Waals surface area contributed by atoms with Crippen molar-refractivity contribution in [2.24, 2.45) is 0 Å². The van der Waals surface area contributed by atoms with Crippen LogP contribution in [0.4, 0.5) is 5.69 Å². The SMILES string of the molecule is CCC(=O)N1CCc2cc(C(=O)NCc3ccc(C)o3)ccc21. The van der Waals surface area contributed by atoms with E-state index in [1.165, 1.54) is 0 Å². The van der Waals surface area contributed by atoms with E-state index in [1.807, 2.05) is 38.1 Å². The van der Waals surface area contributed by atoms with Crippen molar-refractivity contribution in [3.8, 4) is 0 Å². The van der Waals surface area contributed by atoms with Gasteiger partial charge >= 0.3 is 0 Å². The van der Waals surface area contributed by atoms with E-state index in [2.05, 4.69) is 5.32 Å². The van der Waals surface area contributed by atoms with E-state index in [0.29, 0.717) is 25.1 Å². The van der Waals surface area contributed by atoms with Gasteiger partial charge in [-0.3, -0.25) is 9.59 Å². The Morgan fingerprint density at radius 1 is 1.26 bits per heavy atom. The summed E-state index contributed by atoms with van der Waals surface area (Å²) in [5.41, 5.74) is 2.58. The Hall–Kier alpha value is -2.56. The number of rotatable bonds is 4. The third kappa shape index (κ3) is 3.13. The van der Waals surface area contributed by atoms with Gasteiger partial charge in [0.2, 0.25) is 5.91 Å². The Kier molecular flexibility index (Phi) is 4.19. The molecular weight excluding hydrogens is 292 g/mol. The zero-order valence-corrected chi connectivity index (χ0v) is 13.4. The van der Waals surface area contributed by atoms with Gasteiger partial charge in [0, 0.05) is 24.2 Å². The minimum Gasteiger partial charge on any atom is -0.465 e. The minimum atomic E-state index is -0.137. The number of carbonyl (C=O) groups is 2. The highest BCUT2D eigenvalue weighted by Gasteiger charge is 2.24. The lowest BCUT2D eigenvalue weighted by Gasteiger charge is -2.16. The van der Waals surface area contributed by atoms with E-state index in [1.54, 1.807) is 11.0 Å². The van der Waals surface area contributed by atoms with Crippen LogP contribution in [-0.4, -0.2) is 18.4 Å². The molecular formula is C18H20N2O3. The molecule has 3 rings (SSSR count). The van der Waals surface area contributed by atoms with Crippen LogP contribution >= 0.6 is 0 Å². The van der Waals surface area contributed by atoms with E-state index < -0.39 is 0 Å². The summed E-state index contributed by atoms with van der Waals surface area (Å²) in [6.45, 7) is 4.79. The number of amides is 2. The molecule has 1 aromatic heterocycles. The molecule has 0 fully saturated rings. The third-order valence-electron chi connectivity index (χ3n) is 4.06. The molecule has 2 heterocycles. The van der Waals surface area contributed by atoms with Gasteiger partial charge in [-0.25, -0.2) is 0 Å². The van der Waals surface area contributed by atoms with Crippen molar-refractivity contribution >= 4 is 17.5 Å². The summed E-state index contributed by atoms with van der Waals surface area (Å²) in [6.07, 6.45) is 1.28. The topological polar surface area (TPSA) is 62.6 Å². The first-order valence-corrected chi connectivity index (χ1v) is 7.85. The Balaban J connectivity index is 1.69. The first-order valence-electron chi connectivity index (χ1n) is 7.85. The van der Waals surface area contributed by atoms with Gasteiger partial charge in [-0.15, -0.1) is 0 Å². The van der Waals surface area contributed by atoms with E-state index >= 15 is 0 Å². The van der Waals surface area contributed by atoms with Gasteiger partial charge in [0.05, 0.1) is 6.54 Å². The lowest BCUT2D eigenvalue weighted by atomic mass is 10.1. The number of nitrogens with zero attached hydrogens (tertiary/aromatic N) is 1. The third-order valence-corrected chi connectivity index (χ3v) is 4.06. The van der Waals surface area contributed by atoms with Gasteiger partial charge in [-0.1, -0.05) is 6.92 Å². The van der Waals surface area contributed by atoms with E-state index in [4.69, 9.17) is 4.42 Å². The molecule has 1 aromatic carbocycles. The number of carbonyl (C=O) groups excluding carboxylic acids is 2. The summed E-state index contributed by atoms with van der Waals surface area (Å²) < 4.78 is 5.44. The minimum absolute atomic E-state index is 0.120. The standard InChI is InChI=1S/C18H20N2O3/c1-3-17(21)20-9-8-13-10-14(5-7-16(13)20)18(22)19-11-15-6-4-12(2)23-15/h4-7,10H,3,8-9,11H2,1-2H3,(H,19,22). The van der Waals surface area contributed by atoms with Gasteiger partial charge in [0.1, 0.15) is 11.5 Å². The van der Waals surface area contributed by atoms with Gasteiger partial charge in [-0.05, 0) is 49.2 Å². The molecule has 2 aromatic rings. The van der Waals surface area contributed by atoms with E-state index in [-0.39, 0.29) is 11.8 Å². The van der Waals surface area contributed by atoms with Crippen LogP contribution in [0.25, 0.3) is 0 Å². The zero-order valence-electron chi connectivity index (χ0n) is 13.4. The molecule has 0 unspecified atom stereocenters. The smallest absolute Gasteiger partial charge is 0.251 e. The number of hydrogen-bond acceptors (Lipinski definition) is 3. The van der Waals surface area contributed by atoms with Crippen LogP contribution in [0, 0.1) is 6.92 Å². The predicted molar refractivity (Wildman–Crippen MR) is 87.4 cm³/mol. The van der Waals surface area contributed by atoms with Crippen molar-refractivity contribution in [3.63, 3.8) is 0 Å². The molecule has 23 heavy (non-hydrogen) atoms. The molecule has 0 saturated heterocycles. The number of furan rings is 1. The summed E-state index contributed by atoms with van der Waals surface area (Å²) in [6, 6.07) is 9.23. The highest BCUT2D eigenvalue weighted by molar-refractivity contribution is 5.98. The molecule has 0 bridgehead atoms. The quantitative estimate of drug-likeness (QED) is 0.944. The Bertz CT molecular complexity index is 748. The van der Waals surface area contributed by atoms with Crippen molar-refractivity contribution in [2.75, 3.05) is 11.4 Å². The number of anilines is 1. The van der Waals surface area contributed by atoms with Crippen molar-refractivity contribution in [1.82, 2.24) is 5.32 Å². The number of benzene rings is 1. The van der Waals surface area contributed by atoms with Gasteiger partial charge in [0.25, 0.3) is 5.91 Å². The summed E-state index contributed by atoms with van der Waals surface area (Å²) in [5.74, 6) is 1.54. The molecule has 5 heteroatoms. The van der Waals surface area contributed by atoms with Crippen LogP contribution in [0.15, 0.2) is 34.7 Å². The Morgan fingerprint density at radius 2 is 2.09 bits per heavy atom.